The fourth-order valence-electron chi connectivity index (χ4n) is 4.51. The van der Waals surface area contributed by atoms with E-state index >= 15 is 0 Å². The lowest BCUT2D eigenvalue weighted by atomic mass is 9.98. The third-order valence-electron chi connectivity index (χ3n) is 6.85. The second-order valence-electron chi connectivity index (χ2n) is 9.68. The molecule has 0 aliphatic heterocycles. The summed E-state index contributed by atoms with van der Waals surface area (Å²) in [6.07, 6.45) is 17.3. The van der Waals surface area contributed by atoms with Crippen molar-refractivity contribution in [2.45, 2.75) is 46.5 Å². The van der Waals surface area contributed by atoms with Crippen LogP contribution >= 0.6 is 0 Å². The lowest BCUT2D eigenvalue weighted by molar-refractivity contribution is 0.678. The number of unbranched alkanes of at least 4 members (excludes halogenated alkanes) is 2. The standard InChI is InChI=1S/C35H39N3/c1-4-6-25-38(26-7-5-2)32-21-17-30(18-22-32)16-20-31-27-37-35(34-15-11-12-24-36-34)33(28(31)3)23-19-29-13-9-8-10-14-29/h8-24,27H,4-7,25-26H2,1-3H3. The summed E-state index contributed by atoms with van der Waals surface area (Å²) in [7, 11) is 0. The molecule has 0 bridgehead atoms. The van der Waals surface area contributed by atoms with Gasteiger partial charge >= 0.3 is 0 Å². The molecule has 2 aromatic carbocycles. The van der Waals surface area contributed by atoms with Crippen LogP contribution in [0.3, 0.4) is 0 Å². The van der Waals surface area contributed by atoms with Crippen molar-refractivity contribution in [1.82, 2.24) is 9.97 Å². The molecule has 38 heavy (non-hydrogen) atoms. The van der Waals surface area contributed by atoms with Crippen molar-refractivity contribution in [1.29, 1.82) is 0 Å². The predicted molar refractivity (Wildman–Crippen MR) is 165 cm³/mol. The molecule has 3 heteroatoms. The lowest BCUT2D eigenvalue weighted by Crippen LogP contribution is -2.25. The van der Waals surface area contributed by atoms with E-state index in [9.17, 15) is 0 Å². The van der Waals surface area contributed by atoms with Gasteiger partial charge in [0.1, 0.15) is 0 Å². The zero-order valence-corrected chi connectivity index (χ0v) is 23.0. The highest BCUT2D eigenvalue weighted by Gasteiger charge is 2.11. The van der Waals surface area contributed by atoms with Crippen molar-refractivity contribution in [2.75, 3.05) is 18.0 Å². The summed E-state index contributed by atoms with van der Waals surface area (Å²) in [4.78, 5) is 12.0. The SMILES string of the molecule is CCCCN(CCCC)c1ccc(C=Cc2cnc(-c3ccccn3)c(C=Cc3ccccc3)c2C)cc1. The molecule has 0 atom stereocenters. The molecule has 0 saturated carbocycles. The van der Waals surface area contributed by atoms with E-state index in [-0.39, 0.29) is 0 Å². The number of hydrogen-bond donors (Lipinski definition) is 0. The van der Waals surface area contributed by atoms with Crippen LogP contribution in [0.1, 0.15) is 67.3 Å². The number of anilines is 1. The Morgan fingerprint density at radius 1 is 0.684 bits per heavy atom. The van der Waals surface area contributed by atoms with Crippen molar-refractivity contribution in [3.05, 3.63) is 113 Å². The molecule has 0 saturated heterocycles. The Hall–Kier alpha value is -3.98. The van der Waals surface area contributed by atoms with E-state index in [0.717, 1.165) is 41.2 Å². The van der Waals surface area contributed by atoms with Crippen molar-refractivity contribution in [3.63, 3.8) is 0 Å². The van der Waals surface area contributed by atoms with Gasteiger partial charge in [0.15, 0.2) is 0 Å². The van der Waals surface area contributed by atoms with Crippen molar-refractivity contribution >= 4 is 30.0 Å². The zero-order valence-electron chi connectivity index (χ0n) is 23.0. The first-order chi connectivity index (χ1) is 18.7. The number of nitrogens with zero attached hydrogens (tertiary/aromatic N) is 3. The molecule has 2 heterocycles. The van der Waals surface area contributed by atoms with Crippen LogP contribution in [-0.2, 0) is 0 Å². The Kier molecular flexibility index (Phi) is 10.0. The summed E-state index contributed by atoms with van der Waals surface area (Å²) < 4.78 is 0. The maximum atomic E-state index is 4.86. The zero-order chi connectivity index (χ0) is 26.6. The normalized spacial score (nSPS) is 11.4. The van der Waals surface area contributed by atoms with Crippen LogP contribution < -0.4 is 4.90 Å². The molecule has 0 amide bonds. The highest BCUT2D eigenvalue weighted by Crippen LogP contribution is 2.28. The fourth-order valence-corrected chi connectivity index (χ4v) is 4.51. The van der Waals surface area contributed by atoms with E-state index in [2.05, 4.69) is 103 Å². The van der Waals surface area contributed by atoms with Crippen LogP contribution in [-0.4, -0.2) is 23.1 Å². The third-order valence-corrected chi connectivity index (χ3v) is 6.85. The highest BCUT2D eigenvalue weighted by molar-refractivity contribution is 5.82. The van der Waals surface area contributed by atoms with Gasteiger partial charge in [-0.15, -0.1) is 0 Å². The van der Waals surface area contributed by atoms with Crippen LogP contribution in [0.2, 0.25) is 0 Å². The molecular weight excluding hydrogens is 462 g/mol. The Bertz CT molecular complexity index is 1320. The molecule has 0 fully saturated rings. The Morgan fingerprint density at radius 3 is 2.00 bits per heavy atom. The van der Waals surface area contributed by atoms with Gasteiger partial charge in [0.2, 0.25) is 0 Å². The molecule has 0 N–H and O–H groups in total. The second-order valence-corrected chi connectivity index (χ2v) is 9.68. The number of aromatic nitrogens is 2. The van der Waals surface area contributed by atoms with E-state index in [1.807, 2.05) is 36.7 Å². The molecular formula is C35H39N3. The Morgan fingerprint density at radius 2 is 1.34 bits per heavy atom. The number of rotatable bonds is 12. The van der Waals surface area contributed by atoms with Gasteiger partial charge in [-0.25, -0.2) is 0 Å². The molecule has 0 spiro atoms. The maximum Gasteiger partial charge on any atom is 0.0961 e. The first-order valence-electron chi connectivity index (χ1n) is 13.9. The minimum Gasteiger partial charge on any atom is -0.372 e. The van der Waals surface area contributed by atoms with Gasteiger partial charge < -0.3 is 4.90 Å². The van der Waals surface area contributed by atoms with Gasteiger partial charge in [0.05, 0.1) is 11.4 Å². The van der Waals surface area contributed by atoms with Crippen LogP contribution in [0.4, 0.5) is 5.69 Å². The maximum absolute atomic E-state index is 4.86. The summed E-state index contributed by atoms with van der Waals surface area (Å²) in [5.41, 5.74) is 8.82. The average Bonchev–Trinajstić information content (AvgIpc) is 2.97. The van der Waals surface area contributed by atoms with E-state index in [0.29, 0.717) is 0 Å². The van der Waals surface area contributed by atoms with Gasteiger partial charge in [-0.3, -0.25) is 9.97 Å². The second kappa shape index (κ2) is 14.1. The van der Waals surface area contributed by atoms with Crippen molar-refractivity contribution in [2.24, 2.45) is 0 Å². The van der Waals surface area contributed by atoms with Gasteiger partial charge in [0, 0.05) is 36.7 Å². The number of benzene rings is 2. The monoisotopic (exact) mass is 501 g/mol. The molecule has 4 aromatic rings. The molecule has 3 nitrogen and oxygen atoms in total. The molecule has 4 rings (SSSR count). The summed E-state index contributed by atoms with van der Waals surface area (Å²) in [5.74, 6) is 0. The lowest BCUT2D eigenvalue weighted by Gasteiger charge is -2.24. The molecule has 2 aromatic heterocycles. The summed E-state index contributed by atoms with van der Waals surface area (Å²) in [6, 6.07) is 25.3. The van der Waals surface area contributed by atoms with Gasteiger partial charge in [-0.2, -0.15) is 0 Å². The minimum atomic E-state index is 0.880. The molecule has 0 radical (unpaired) electrons. The number of hydrogen-bond acceptors (Lipinski definition) is 3. The smallest absolute Gasteiger partial charge is 0.0961 e. The van der Waals surface area contributed by atoms with Crippen LogP contribution in [0.5, 0.6) is 0 Å². The first kappa shape index (κ1) is 27.1. The topological polar surface area (TPSA) is 29.0 Å². The summed E-state index contributed by atoms with van der Waals surface area (Å²) in [6.45, 7) is 8.93. The minimum absolute atomic E-state index is 0.880. The summed E-state index contributed by atoms with van der Waals surface area (Å²) in [5, 5.41) is 0. The Balaban J connectivity index is 1.60. The first-order valence-corrected chi connectivity index (χ1v) is 13.9. The van der Waals surface area contributed by atoms with Crippen LogP contribution in [0.25, 0.3) is 35.7 Å². The Labute approximate surface area is 228 Å². The number of pyridine rings is 2. The van der Waals surface area contributed by atoms with E-state index in [1.165, 1.54) is 42.5 Å². The third kappa shape index (κ3) is 7.29. The van der Waals surface area contributed by atoms with Crippen LogP contribution in [0, 0.1) is 6.92 Å². The van der Waals surface area contributed by atoms with E-state index < -0.39 is 0 Å². The van der Waals surface area contributed by atoms with Crippen LogP contribution in [0.15, 0.2) is 85.2 Å². The van der Waals surface area contributed by atoms with Gasteiger partial charge in [0.25, 0.3) is 0 Å². The quantitative estimate of drug-likeness (QED) is 0.194. The van der Waals surface area contributed by atoms with E-state index in [1.54, 1.807) is 0 Å². The molecule has 0 unspecified atom stereocenters. The van der Waals surface area contributed by atoms with Crippen molar-refractivity contribution in [3.8, 4) is 11.4 Å². The average molecular weight is 502 g/mol. The molecule has 0 aliphatic carbocycles. The molecule has 0 aliphatic rings. The molecule has 194 valence electrons. The fraction of sp³-hybridized carbons (Fsp3) is 0.257. The van der Waals surface area contributed by atoms with Crippen molar-refractivity contribution < 1.29 is 0 Å². The predicted octanol–water partition coefficient (Wildman–Crippen LogP) is 9.20. The highest BCUT2D eigenvalue weighted by atomic mass is 15.1. The van der Waals surface area contributed by atoms with E-state index in [4.69, 9.17) is 4.98 Å². The van der Waals surface area contributed by atoms with Gasteiger partial charge in [-0.05, 0) is 66.3 Å². The summed E-state index contributed by atoms with van der Waals surface area (Å²) >= 11 is 0. The largest absolute Gasteiger partial charge is 0.372 e. The van der Waals surface area contributed by atoms with Gasteiger partial charge in [-0.1, -0.05) is 99.5 Å².